The molecule has 2 aromatic rings. The van der Waals surface area contributed by atoms with E-state index in [1.165, 1.54) is 11.6 Å². The third-order valence-corrected chi connectivity index (χ3v) is 3.72. The zero-order chi connectivity index (χ0) is 14.4. The van der Waals surface area contributed by atoms with Gasteiger partial charge in [0, 0.05) is 5.56 Å². The van der Waals surface area contributed by atoms with Crippen LogP contribution < -0.4 is 5.73 Å². The largest absolute Gasteiger partial charge is 0.330 e. The summed E-state index contributed by atoms with van der Waals surface area (Å²) in [5.41, 5.74) is 8.46. The maximum absolute atomic E-state index is 13.7. The summed E-state index contributed by atoms with van der Waals surface area (Å²) in [5.74, 6) is 0.489. The summed E-state index contributed by atoms with van der Waals surface area (Å²) >= 11 is 0. The first kappa shape index (κ1) is 14.7. The lowest BCUT2D eigenvalue weighted by atomic mass is 9.97. The highest BCUT2D eigenvalue weighted by Gasteiger charge is 2.05. The second-order valence-corrected chi connectivity index (χ2v) is 5.40. The molecule has 2 N–H and O–H groups in total. The Bertz CT molecular complexity index is 533. The number of aryl methyl sites for hydroxylation is 1. The fraction of sp³-hybridized carbons (Fsp3) is 0.333. The fourth-order valence-corrected chi connectivity index (χ4v) is 2.39. The molecule has 2 heteroatoms. The first-order valence-corrected chi connectivity index (χ1v) is 7.24. The van der Waals surface area contributed by atoms with Crippen LogP contribution in [-0.2, 0) is 6.42 Å². The SMILES string of the molecule is CC(CCN)CCc1ccc(-c2ccccc2F)cc1. The van der Waals surface area contributed by atoms with Crippen molar-refractivity contribution >= 4 is 0 Å². The van der Waals surface area contributed by atoms with Crippen molar-refractivity contribution in [3.05, 3.63) is 59.9 Å². The van der Waals surface area contributed by atoms with Crippen LogP contribution in [0.25, 0.3) is 11.1 Å². The first-order chi connectivity index (χ1) is 9.70. The van der Waals surface area contributed by atoms with Gasteiger partial charge in [0.05, 0.1) is 0 Å². The molecule has 2 rings (SSSR count). The van der Waals surface area contributed by atoms with Crippen molar-refractivity contribution in [1.82, 2.24) is 0 Å². The second kappa shape index (κ2) is 7.20. The smallest absolute Gasteiger partial charge is 0.131 e. The molecule has 0 heterocycles. The van der Waals surface area contributed by atoms with E-state index in [0.717, 1.165) is 31.4 Å². The van der Waals surface area contributed by atoms with Gasteiger partial charge in [-0.3, -0.25) is 0 Å². The summed E-state index contributed by atoms with van der Waals surface area (Å²) in [5, 5.41) is 0. The van der Waals surface area contributed by atoms with E-state index in [4.69, 9.17) is 5.73 Å². The summed E-state index contributed by atoms with van der Waals surface area (Å²) < 4.78 is 13.7. The third kappa shape index (κ3) is 3.91. The van der Waals surface area contributed by atoms with Crippen LogP contribution in [0, 0.1) is 11.7 Å². The molecule has 0 aromatic heterocycles. The predicted octanol–water partition coefficient (Wildman–Crippen LogP) is 4.41. The fourth-order valence-electron chi connectivity index (χ4n) is 2.39. The van der Waals surface area contributed by atoms with Gasteiger partial charge in [0.15, 0.2) is 0 Å². The van der Waals surface area contributed by atoms with Gasteiger partial charge in [0.25, 0.3) is 0 Å². The molecule has 0 saturated carbocycles. The molecule has 1 nitrogen and oxygen atoms in total. The quantitative estimate of drug-likeness (QED) is 0.827. The number of benzene rings is 2. The Balaban J connectivity index is 2.02. The first-order valence-electron chi connectivity index (χ1n) is 7.24. The number of hydrogen-bond acceptors (Lipinski definition) is 1. The maximum atomic E-state index is 13.7. The number of rotatable bonds is 6. The second-order valence-electron chi connectivity index (χ2n) is 5.40. The molecule has 0 spiro atoms. The standard InChI is InChI=1S/C18H22FN/c1-14(12-13-20)6-7-15-8-10-16(11-9-15)17-4-2-3-5-18(17)19/h2-5,8-11,14H,6-7,12-13,20H2,1H3. The molecule has 0 radical (unpaired) electrons. The van der Waals surface area contributed by atoms with Gasteiger partial charge in [0.1, 0.15) is 5.82 Å². The monoisotopic (exact) mass is 271 g/mol. The lowest BCUT2D eigenvalue weighted by Crippen LogP contribution is -2.06. The minimum atomic E-state index is -0.170. The average molecular weight is 271 g/mol. The zero-order valence-electron chi connectivity index (χ0n) is 12.0. The van der Waals surface area contributed by atoms with Crippen LogP contribution >= 0.6 is 0 Å². The highest BCUT2D eigenvalue weighted by Crippen LogP contribution is 2.23. The number of hydrogen-bond donors (Lipinski definition) is 1. The molecule has 1 atom stereocenters. The molecule has 0 amide bonds. The topological polar surface area (TPSA) is 26.0 Å². The van der Waals surface area contributed by atoms with E-state index in [0.29, 0.717) is 11.5 Å². The molecular weight excluding hydrogens is 249 g/mol. The predicted molar refractivity (Wildman–Crippen MR) is 83.0 cm³/mol. The molecule has 0 bridgehead atoms. The Hall–Kier alpha value is -1.67. The summed E-state index contributed by atoms with van der Waals surface area (Å²) in [6.45, 7) is 2.99. The van der Waals surface area contributed by atoms with E-state index >= 15 is 0 Å². The van der Waals surface area contributed by atoms with Crippen LogP contribution in [0.4, 0.5) is 4.39 Å². The van der Waals surface area contributed by atoms with Crippen molar-refractivity contribution in [2.24, 2.45) is 11.7 Å². The van der Waals surface area contributed by atoms with Gasteiger partial charge < -0.3 is 5.73 Å². The van der Waals surface area contributed by atoms with Gasteiger partial charge in [-0.2, -0.15) is 0 Å². The Morgan fingerprint density at radius 1 is 1.00 bits per heavy atom. The van der Waals surface area contributed by atoms with Gasteiger partial charge in [-0.1, -0.05) is 49.4 Å². The third-order valence-electron chi connectivity index (χ3n) is 3.72. The molecule has 1 unspecified atom stereocenters. The summed E-state index contributed by atoms with van der Waals surface area (Å²) in [6.07, 6.45) is 3.28. The molecule has 0 saturated heterocycles. The van der Waals surface area contributed by atoms with Crippen LogP contribution in [0.1, 0.15) is 25.3 Å². The molecule has 2 aromatic carbocycles. The summed E-state index contributed by atoms with van der Waals surface area (Å²) in [7, 11) is 0. The molecule has 0 aliphatic heterocycles. The minimum absolute atomic E-state index is 0.170. The highest BCUT2D eigenvalue weighted by molar-refractivity contribution is 5.64. The van der Waals surface area contributed by atoms with Crippen LogP contribution in [0.2, 0.25) is 0 Å². The number of halogens is 1. The van der Waals surface area contributed by atoms with E-state index in [9.17, 15) is 4.39 Å². The summed E-state index contributed by atoms with van der Waals surface area (Å²) in [6, 6.07) is 15.1. The zero-order valence-corrected chi connectivity index (χ0v) is 12.0. The van der Waals surface area contributed by atoms with E-state index in [1.54, 1.807) is 6.07 Å². The molecule has 0 fully saturated rings. The van der Waals surface area contributed by atoms with Crippen molar-refractivity contribution in [1.29, 1.82) is 0 Å². The van der Waals surface area contributed by atoms with E-state index in [-0.39, 0.29) is 5.82 Å². The molecule has 0 aliphatic carbocycles. The lowest BCUT2D eigenvalue weighted by Gasteiger charge is -2.10. The van der Waals surface area contributed by atoms with Gasteiger partial charge >= 0.3 is 0 Å². The van der Waals surface area contributed by atoms with E-state index in [1.807, 2.05) is 24.3 Å². The van der Waals surface area contributed by atoms with Crippen LogP contribution in [0.3, 0.4) is 0 Å². The van der Waals surface area contributed by atoms with Gasteiger partial charge in [-0.05, 0) is 48.9 Å². The number of nitrogens with two attached hydrogens (primary N) is 1. The maximum Gasteiger partial charge on any atom is 0.131 e. The normalized spacial score (nSPS) is 12.3. The van der Waals surface area contributed by atoms with Crippen molar-refractivity contribution in [3.8, 4) is 11.1 Å². The van der Waals surface area contributed by atoms with Crippen LogP contribution in [0.5, 0.6) is 0 Å². The highest BCUT2D eigenvalue weighted by atomic mass is 19.1. The molecule has 20 heavy (non-hydrogen) atoms. The van der Waals surface area contributed by atoms with Crippen LogP contribution in [0.15, 0.2) is 48.5 Å². The van der Waals surface area contributed by atoms with Crippen LogP contribution in [-0.4, -0.2) is 6.54 Å². The van der Waals surface area contributed by atoms with Gasteiger partial charge in [-0.25, -0.2) is 4.39 Å². The van der Waals surface area contributed by atoms with E-state index < -0.39 is 0 Å². The lowest BCUT2D eigenvalue weighted by molar-refractivity contribution is 0.500. The van der Waals surface area contributed by atoms with Crippen molar-refractivity contribution in [3.63, 3.8) is 0 Å². The molecular formula is C18H22FN. The van der Waals surface area contributed by atoms with Crippen molar-refractivity contribution in [2.75, 3.05) is 6.54 Å². The Morgan fingerprint density at radius 3 is 2.35 bits per heavy atom. The average Bonchev–Trinajstić information content (AvgIpc) is 2.47. The van der Waals surface area contributed by atoms with Crippen molar-refractivity contribution < 1.29 is 4.39 Å². The van der Waals surface area contributed by atoms with Gasteiger partial charge in [0.2, 0.25) is 0 Å². The Morgan fingerprint density at radius 2 is 1.70 bits per heavy atom. The van der Waals surface area contributed by atoms with Gasteiger partial charge in [-0.15, -0.1) is 0 Å². The van der Waals surface area contributed by atoms with E-state index in [2.05, 4.69) is 19.1 Å². The minimum Gasteiger partial charge on any atom is -0.330 e. The molecule has 106 valence electrons. The summed E-state index contributed by atoms with van der Waals surface area (Å²) in [4.78, 5) is 0. The van der Waals surface area contributed by atoms with Crippen molar-refractivity contribution in [2.45, 2.75) is 26.2 Å². The Kier molecular flexibility index (Phi) is 5.31. The Labute approximate surface area is 120 Å². The molecule has 0 aliphatic rings.